The molecule has 1 atom stereocenters. The molecule has 0 amide bonds. The van der Waals surface area contributed by atoms with Gasteiger partial charge in [-0.3, -0.25) is 4.79 Å². The van der Waals surface area contributed by atoms with Gasteiger partial charge in [-0.15, -0.1) is 23.7 Å². The highest BCUT2D eigenvalue weighted by Gasteiger charge is 2.18. The second kappa shape index (κ2) is 7.64. The standard InChI is InChI=1S/C20H17BrN2O2S.ClH/c1-10(22-2)11-3-5-12(6-4-11)16-15(24)9-14(21)18-17(16)13-7-8-26-19(13)20(25)23-18;/h3-10,22,24H,1-2H3,(H,23,25);1H/t10-;/m1./s1. The molecule has 2 aromatic carbocycles. The molecule has 0 aliphatic carbocycles. The fourth-order valence-electron chi connectivity index (χ4n) is 3.28. The van der Waals surface area contributed by atoms with Crippen LogP contribution in [-0.4, -0.2) is 17.1 Å². The first-order valence-electron chi connectivity index (χ1n) is 8.23. The number of hydrogen-bond acceptors (Lipinski definition) is 4. The smallest absolute Gasteiger partial charge is 0.266 e. The molecule has 2 heterocycles. The Hall–Kier alpha value is -1.86. The van der Waals surface area contributed by atoms with Crippen LogP contribution in [-0.2, 0) is 0 Å². The summed E-state index contributed by atoms with van der Waals surface area (Å²) in [5.74, 6) is 0.179. The Labute approximate surface area is 174 Å². The lowest BCUT2D eigenvalue weighted by Gasteiger charge is -2.14. The van der Waals surface area contributed by atoms with Crippen molar-refractivity contribution in [1.29, 1.82) is 0 Å². The molecule has 0 radical (unpaired) electrons. The normalized spacial score (nSPS) is 12.3. The van der Waals surface area contributed by atoms with Crippen molar-refractivity contribution in [2.45, 2.75) is 13.0 Å². The van der Waals surface area contributed by atoms with E-state index >= 15 is 0 Å². The summed E-state index contributed by atoms with van der Waals surface area (Å²) in [6, 6.07) is 11.9. The Bertz CT molecular complexity index is 1180. The van der Waals surface area contributed by atoms with Crippen LogP contribution in [0.5, 0.6) is 5.75 Å². The zero-order chi connectivity index (χ0) is 18.4. The minimum Gasteiger partial charge on any atom is -0.507 e. The van der Waals surface area contributed by atoms with Crippen molar-refractivity contribution in [3.05, 3.63) is 62.2 Å². The molecule has 0 aliphatic heterocycles. The lowest BCUT2D eigenvalue weighted by Crippen LogP contribution is -2.11. The van der Waals surface area contributed by atoms with E-state index in [0.29, 0.717) is 14.7 Å². The van der Waals surface area contributed by atoms with E-state index in [9.17, 15) is 9.90 Å². The molecule has 3 N–H and O–H groups in total. The summed E-state index contributed by atoms with van der Waals surface area (Å²) in [5, 5.41) is 17.5. The first-order chi connectivity index (χ1) is 12.5. The number of phenols is 1. The van der Waals surface area contributed by atoms with Gasteiger partial charge in [-0.05, 0) is 58.5 Å². The Kier molecular flexibility index (Phi) is 5.63. The maximum atomic E-state index is 12.4. The van der Waals surface area contributed by atoms with E-state index in [1.807, 2.05) is 30.6 Å². The van der Waals surface area contributed by atoms with E-state index in [-0.39, 0.29) is 29.8 Å². The van der Waals surface area contributed by atoms with Gasteiger partial charge in [0.2, 0.25) is 0 Å². The van der Waals surface area contributed by atoms with Gasteiger partial charge in [0.15, 0.2) is 0 Å². The van der Waals surface area contributed by atoms with Crippen molar-refractivity contribution < 1.29 is 5.11 Å². The van der Waals surface area contributed by atoms with Crippen LogP contribution in [0.3, 0.4) is 0 Å². The summed E-state index contributed by atoms with van der Waals surface area (Å²) in [7, 11) is 1.93. The number of aromatic hydroxyl groups is 1. The predicted octanol–water partition coefficient (Wildman–Crippen LogP) is 5.58. The van der Waals surface area contributed by atoms with Crippen LogP contribution in [0.25, 0.3) is 32.1 Å². The predicted molar refractivity (Wildman–Crippen MR) is 119 cm³/mol. The van der Waals surface area contributed by atoms with Gasteiger partial charge in [0.25, 0.3) is 5.56 Å². The minimum absolute atomic E-state index is 0. The van der Waals surface area contributed by atoms with E-state index in [4.69, 9.17) is 0 Å². The second-order valence-corrected chi connectivity index (χ2v) is 8.02. The summed E-state index contributed by atoms with van der Waals surface area (Å²) in [6.45, 7) is 2.10. The minimum atomic E-state index is -0.113. The number of phenolic OH excluding ortho intramolecular Hbond substituents is 1. The van der Waals surface area contributed by atoms with E-state index < -0.39 is 0 Å². The van der Waals surface area contributed by atoms with Crippen molar-refractivity contribution in [1.82, 2.24) is 10.3 Å². The molecule has 0 saturated carbocycles. The first kappa shape index (κ1) is 19.9. The molecular formula is C20H18BrClN2O2S. The highest BCUT2D eigenvalue weighted by atomic mass is 79.9. The monoisotopic (exact) mass is 464 g/mol. The topological polar surface area (TPSA) is 65.1 Å². The molecule has 0 bridgehead atoms. The number of aromatic nitrogens is 1. The highest BCUT2D eigenvalue weighted by Crippen LogP contribution is 2.42. The number of rotatable bonds is 3. The summed E-state index contributed by atoms with van der Waals surface area (Å²) in [4.78, 5) is 15.3. The largest absolute Gasteiger partial charge is 0.507 e. The van der Waals surface area contributed by atoms with Crippen molar-refractivity contribution in [3.8, 4) is 16.9 Å². The van der Waals surface area contributed by atoms with Crippen molar-refractivity contribution in [2.24, 2.45) is 0 Å². The molecule has 140 valence electrons. The Morgan fingerprint density at radius 2 is 1.93 bits per heavy atom. The fourth-order valence-corrected chi connectivity index (χ4v) is 4.59. The third-order valence-corrected chi connectivity index (χ3v) is 6.31. The maximum Gasteiger partial charge on any atom is 0.266 e. The van der Waals surface area contributed by atoms with E-state index in [2.05, 4.69) is 45.3 Å². The molecule has 0 saturated heterocycles. The second-order valence-electron chi connectivity index (χ2n) is 6.25. The number of fused-ring (bicyclic) bond motifs is 3. The number of halogens is 2. The molecule has 27 heavy (non-hydrogen) atoms. The van der Waals surface area contributed by atoms with Crippen LogP contribution < -0.4 is 10.9 Å². The summed E-state index contributed by atoms with van der Waals surface area (Å²) < 4.78 is 1.33. The number of pyridine rings is 1. The third kappa shape index (κ3) is 3.27. The van der Waals surface area contributed by atoms with E-state index in [1.165, 1.54) is 16.9 Å². The number of thiophene rings is 1. The number of H-pyrrole nitrogens is 1. The van der Waals surface area contributed by atoms with Gasteiger partial charge in [0.05, 0.1) is 5.52 Å². The molecule has 7 heteroatoms. The summed E-state index contributed by atoms with van der Waals surface area (Å²) in [6.07, 6.45) is 0. The number of benzene rings is 2. The van der Waals surface area contributed by atoms with E-state index in [0.717, 1.165) is 21.9 Å². The van der Waals surface area contributed by atoms with Gasteiger partial charge in [-0.25, -0.2) is 0 Å². The lowest BCUT2D eigenvalue weighted by atomic mass is 9.95. The first-order valence-corrected chi connectivity index (χ1v) is 9.90. The van der Waals surface area contributed by atoms with Gasteiger partial charge in [0.1, 0.15) is 10.4 Å². The lowest BCUT2D eigenvalue weighted by molar-refractivity contribution is 0.477. The van der Waals surface area contributed by atoms with Crippen LogP contribution in [0.15, 0.2) is 51.0 Å². The zero-order valence-corrected chi connectivity index (χ0v) is 17.9. The average molecular weight is 466 g/mol. The molecule has 2 aromatic heterocycles. The fraction of sp³-hybridized carbons (Fsp3) is 0.150. The quantitative estimate of drug-likeness (QED) is 0.370. The zero-order valence-electron chi connectivity index (χ0n) is 14.7. The van der Waals surface area contributed by atoms with Crippen LogP contribution in [0.2, 0.25) is 0 Å². The number of aromatic amines is 1. The number of hydrogen-bond donors (Lipinski definition) is 3. The van der Waals surface area contributed by atoms with Gasteiger partial charge >= 0.3 is 0 Å². The van der Waals surface area contributed by atoms with Crippen molar-refractivity contribution >= 4 is 60.7 Å². The van der Waals surface area contributed by atoms with Crippen molar-refractivity contribution in [3.63, 3.8) is 0 Å². The van der Waals surface area contributed by atoms with Gasteiger partial charge in [-0.1, -0.05) is 24.3 Å². The summed E-state index contributed by atoms with van der Waals surface area (Å²) >= 11 is 4.87. The SMILES string of the molecule is CN[C@H](C)c1ccc(-c2c(O)cc(Br)c3[nH]c(=O)c4sccc4c23)cc1.Cl. The maximum absolute atomic E-state index is 12.4. The van der Waals surface area contributed by atoms with Crippen LogP contribution in [0, 0.1) is 0 Å². The van der Waals surface area contributed by atoms with Crippen LogP contribution in [0.1, 0.15) is 18.5 Å². The highest BCUT2D eigenvalue weighted by molar-refractivity contribution is 9.10. The molecule has 0 fully saturated rings. The molecular weight excluding hydrogens is 448 g/mol. The van der Waals surface area contributed by atoms with Gasteiger partial charge in [0, 0.05) is 26.9 Å². The summed E-state index contributed by atoms with van der Waals surface area (Å²) in [5.41, 5.74) is 3.39. The number of nitrogens with one attached hydrogen (secondary N) is 2. The average Bonchev–Trinajstić information content (AvgIpc) is 3.13. The van der Waals surface area contributed by atoms with Crippen LogP contribution in [0.4, 0.5) is 0 Å². The molecule has 4 nitrogen and oxygen atoms in total. The van der Waals surface area contributed by atoms with E-state index in [1.54, 1.807) is 6.07 Å². The molecule has 4 rings (SSSR count). The third-order valence-electron chi connectivity index (χ3n) is 4.77. The van der Waals surface area contributed by atoms with Crippen LogP contribution >= 0.6 is 39.7 Å². The molecule has 4 aromatic rings. The van der Waals surface area contributed by atoms with Gasteiger partial charge in [-0.2, -0.15) is 0 Å². The Balaban J connectivity index is 0.00000210. The Morgan fingerprint density at radius 3 is 2.59 bits per heavy atom. The molecule has 0 aliphatic rings. The van der Waals surface area contributed by atoms with Crippen molar-refractivity contribution in [2.75, 3.05) is 7.05 Å². The molecule has 0 unspecified atom stereocenters. The van der Waals surface area contributed by atoms with Gasteiger partial charge < -0.3 is 15.4 Å². The Morgan fingerprint density at radius 1 is 1.22 bits per heavy atom. The molecule has 0 spiro atoms.